The van der Waals surface area contributed by atoms with E-state index in [-0.39, 0.29) is 29.7 Å². The highest BCUT2D eigenvalue weighted by Crippen LogP contribution is 2.38. The van der Waals surface area contributed by atoms with Gasteiger partial charge in [-0.2, -0.15) is 0 Å². The van der Waals surface area contributed by atoms with Crippen molar-refractivity contribution in [2.45, 2.75) is 32.8 Å². The zero-order valence-corrected chi connectivity index (χ0v) is 10.8. The van der Waals surface area contributed by atoms with Crippen molar-refractivity contribution in [1.82, 2.24) is 0 Å². The maximum atomic E-state index is 11.5. The van der Waals surface area contributed by atoms with E-state index in [9.17, 15) is 9.59 Å². The number of esters is 1. The Morgan fingerprint density at radius 2 is 2.28 bits per heavy atom. The average molecular weight is 246 g/mol. The van der Waals surface area contributed by atoms with Crippen LogP contribution >= 0.6 is 0 Å². The molecule has 18 heavy (non-hydrogen) atoms. The van der Waals surface area contributed by atoms with Crippen molar-refractivity contribution in [3.8, 4) is 0 Å². The van der Waals surface area contributed by atoms with Crippen molar-refractivity contribution in [3.05, 3.63) is 36.0 Å². The first-order valence-electron chi connectivity index (χ1n) is 6.27. The lowest BCUT2D eigenvalue weighted by Crippen LogP contribution is -2.17. The minimum atomic E-state index is -0.256. The van der Waals surface area contributed by atoms with E-state index in [4.69, 9.17) is 4.74 Å². The molecule has 3 heteroatoms. The highest BCUT2D eigenvalue weighted by Gasteiger charge is 2.40. The molecule has 0 amide bonds. The van der Waals surface area contributed by atoms with Crippen LogP contribution in [-0.4, -0.2) is 17.9 Å². The fraction of sp³-hybridized carbons (Fsp3) is 0.467. The van der Waals surface area contributed by atoms with Gasteiger partial charge in [-0.3, -0.25) is 4.79 Å². The number of ether oxygens (including phenoxy) is 1. The molecule has 0 spiro atoms. The molecule has 2 aliphatic rings. The van der Waals surface area contributed by atoms with Crippen LogP contribution in [0.5, 0.6) is 0 Å². The van der Waals surface area contributed by atoms with E-state index in [1.54, 1.807) is 6.08 Å². The van der Waals surface area contributed by atoms with Crippen LogP contribution in [-0.2, 0) is 14.3 Å². The molecule has 2 rings (SSSR count). The van der Waals surface area contributed by atoms with E-state index in [1.165, 1.54) is 6.92 Å². The van der Waals surface area contributed by atoms with E-state index in [1.807, 2.05) is 6.08 Å². The third-order valence-electron chi connectivity index (χ3n) is 3.69. The summed E-state index contributed by atoms with van der Waals surface area (Å²) in [6.45, 7) is 7.44. The molecule has 1 aliphatic heterocycles. The minimum Gasteiger partial charge on any atom is -0.458 e. The summed E-state index contributed by atoms with van der Waals surface area (Å²) in [7, 11) is 0. The van der Waals surface area contributed by atoms with E-state index in [0.717, 1.165) is 18.4 Å². The second-order valence-electron chi connectivity index (χ2n) is 5.10. The molecule has 0 N–H and O–H groups in total. The third kappa shape index (κ3) is 2.45. The van der Waals surface area contributed by atoms with Crippen LogP contribution < -0.4 is 0 Å². The normalized spacial score (nSPS) is 31.9. The molecule has 1 aliphatic carbocycles. The number of carbonyl (C=O) groups excluding carboxylic acids is 2. The lowest BCUT2D eigenvalue weighted by Gasteiger charge is -2.16. The van der Waals surface area contributed by atoms with Gasteiger partial charge in [0, 0.05) is 11.5 Å². The monoisotopic (exact) mass is 246 g/mol. The van der Waals surface area contributed by atoms with Crippen LogP contribution in [0.15, 0.2) is 36.0 Å². The molecular formula is C15H18O3. The molecule has 3 nitrogen and oxygen atoms in total. The van der Waals surface area contributed by atoms with E-state index < -0.39 is 0 Å². The molecule has 1 fully saturated rings. The van der Waals surface area contributed by atoms with Gasteiger partial charge in [0.2, 0.25) is 0 Å². The largest absolute Gasteiger partial charge is 0.458 e. The molecule has 1 saturated heterocycles. The van der Waals surface area contributed by atoms with Crippen molar-refractivity contribution in [1.29, 1.82) is 0 Å². The summed E-state index contributed by atoms with van der Waals surface area (Å²) in [4.78, 5) is 22.4. The van der Waals surface area contributed by atoms with Gasteiger partial charge in [-0.1, -0.05) is 25.7 Å². The molecule has 0 aromatic carbocycles. The van der Waals surface area contributed by atoms with Crippen molar-refractivity contribution >= 4 is 11.8 Å². The van der Waals surface area contributed by atoms with Gasteiger partial charge < -0.3 is 4.74 Å². The van der Waals surface area contributed by atoms with Crippen molar-refractivity contribution in [3.63, 3.8) is 0 Å². The van der Waals surface area contributed by atoms with Crippen LogP contribution in [0.1, 0.15) is 26.7 Å². The van der Waals surface area contributed by atoms with Crippen molar-refractivity contribution in [2.24, 2.45) is 11.8 Å². The van der Waals surface area contributed by atoms with Crippen LogP contribution in [0, 0.1) is 11.8 Å². The number of carbonyl (C=O) groups is 2. The maximum Gasteiger partial charge on any atom is 0.334 e. The predicted molar refractivity (Wildman–Crippen MR) is 68.8 cm³/mol. The second-order valence-corrected chi connectivity index (χ2v) is 5.10. The standard InChI is InChI=1S/C15H18O3/c1-9-8-14-13(11(3)15(17)18-14)7-6-12(9)5-4-10(2)16/h4-6,9,13-14H,3,7-8H2,1-2H3/b5-4+/t9-,13?,14-/m0/s1. The fourth-order valence-electron chi connectivity index (χ4n) is 2.57. The second kappa shape index (κ2) is 4.92. The molecule has 3 atom stereocenters. The number of ketones is 1. The molecule has 0 saturated carbocycles. The summed E-state index contributed by atoms with van der Waals surface area (Å²) in [6.07, 6.45) is 7.06. The molecule has 1 unspecified atom stereocenters. The molecule has 96 valence electrons. The van der Waals surface area contributed by atoms with Gasteiger partial charge >= 0.3 is 5.97 Å². The van der Waals surface area contributed by atoms with E-state index in [2.05, 4.69) is 19.6 Å². The minimum absolute atomic E-state index is 0.0448. The van der Waals surface area contributed by atoms with Gasteiger partial charge in [0.15, 0.2) is 5.78 Å². The van der Waals surface area contributed by atoms with Gasteiger partial charge in [0.1, 0.15) is 6.10 Å². The van der Waals surface area contributed by atoms with E-state index >= 15 is 0 Å². The van der Waals surface area contributed by atoms with E-state index in [0.29, 0.717) is 5.57 Å². The Morgan fingerprint density at radius 3 is 2.94 bits per heavy atom. The summed E-state index contributed by atoms with van der Waals surface area (Å²) in [5.41, 5.74) is 1.73. The van der Waals surface area contributed by atoms with Crippen LogP contribution in [0.2, 0.25) is 0 Å². The van der Waals surface area contributed by atoms with Gasteiger partial charge in [-0.05, 0) is 37.3 Å². The number of rotatable bonds is 2. The SMILES string of the molecule is C=C1C(=O)O[C@H]2C[C@H](C)C(/C=C/C(C)=O)=CCC12. The summed E-state index contributed by atoms with van der Waals surface area (Å²) in [5, 5.41) is 0. The summed E-state index contributed by atoms with van der Waals surface area (Å²) in [6, 6.07) is 0. The Hall–Kier alpha value is -1.64. The maximum absolute atomic E-state index is 11.5. The summed E-state index contributed by atoms with van der Waals surface area (Å²) >= 11 is 0. The third-order valence-corrected chi connectivity index (χ3v) is 3.69. The predicted octanol–water partition coefficient (Wildman–Crippen LogP) is 2.59. The Kier molecular flexibility index (Phi) is 3.50. The first-order valence-corrected chi connectivity index (χ1v) is 6.27. The Bertz CT molecular complexity index is 456. The van der Waals surface area contributed by atoms with Crippen LogP contribution in [0.4, 0.5) is 0 Å². The fourth-order valence-corrected chi connectivity index (χ4v) is 2.57. The molecule has 0 radical (unpaired) electrons. The topological polar surface area (TPSA) is 43.4 Å². The highest BCUT2D eigenvalue weighted by atomic mass is 16.6. The van der Waals surface area contributed by atoms with Crippen LogP contribution in [0.25, 0.3) is 0 Å². The Labute approximate surface area is 107 Å². The summed E-state index contributed by atoms with van der Waals surface area (Å²) in [5.74, 6) is 0.175. The number of fused-ring (bicyclic) bond motifs is 1. The molecular weight excluding hydrogens is 228 g/mol. The number of hydrogen-bond donors (Lipinski definition) is 0. The number of hydrogen-bond acceptors (Lipinski definition) is 3. The zero-order chi connectivity index (χ0) is 13.3. The molecule has 0 aromatic heterocycles. The first kappa shape index (κ1) is 12.8. The zero-order valence-electron chi connectivity index (χ0n) is 10.8. The van der Waals surface area contributed by atoms with Crippen molar-refractivity contribution < 1.29 is 14.3 Å². The molecule has 0 bridgehead atoms. The highest BCUT2D eigenvalue weighted by molar-refractivity contribution is 5.91. The molecule has 1 heterocycles. The Morgan fingerprint density at radius 1 is 1.56 bits per heavy atom. The van der Waals surface area contributed by atoms with Gasteiger partial charge in [-0.25, -0.2) is 4.79 Å². The number of allylic oxidation sites excluding steroid dienone is 4. The van der Waals surface area contributed by atoms with Crippen LogP contribution in [0.3, 0.4) is 0 Å². The van der Waals surface area contributed by atoms with Gasteiger partial charge in [-0.15, -0.1) is 0 Å². The average Bonchev–Trinajstić information content (AvgIpc) is 2.46. The van der Waals surface area contributed by atoms with Crippen molar-refractivity contribution in [2.75, 3.05) is 0 Å². The van der Waals surface area contributed by atoms with Gasteiger partial charge in [0.05, 0.1) is 0 Å². The van der Waals surface area contributed by atoms with Gasteiger partial charge in [0.25, 0.3) is 0 Å². The summed E-state index contributed by atoms with van der Waals surface area (Å²) < 4.78 is 5.34. The quantitative estimate of drug-likeness (QED) is 0.555. The first-order chi connectivity index (χ1) is 8.49. The smallest absolute Gasteiger partial charge is 0.334 e. The lowest BCUT2D eigenvalue weighted by molar-refractivity contribution is -0.139. The molecule has 0 aromatic rings. The Balaban J connectivity index is 2.18. The lowest BCUT2D eigenvalue weighted by atomic mass is 9.91.